The fourth-order valence-electron chi connectivity index (χ4n) is 9.70. The second-order valence-corrected chi connectivity index (χ2v) is 12.2. The van der Waals surface area contributed by atoms with Crippen molar-refractivity contribution >= 4 is 5.78 Å². The molecule has 0 aromatic heterocycles. The summed E-state index contributed by atoms with van der Waals surface area (Å²) < 4.78 is 6.50. The SMILES string of the molecule is C[C@H]1C[C@H]2O[C@]23[C@@H](C)[C@H]2[C@H](C[C@H]4[C@@H]5CCC6=CC(=O)C=C[C@]6(C)C5=CC[C@]24C)N3C1. The van der Waals surface area contributed by atoms with Crippen molar-refractivity contribution in [2.24, 2.45) is 40.4 Å². The Kier molecular flexibility index (Phi) is 3.31. The molecule has 3 nitrogen and oxygen atoms in total. The van der Waals surface area contributed by atoms with E-state index in [0.717, 1.165) is 24.2 Å². The van der Waals surface area contributed by atoms with E-state index in [9.17, 15) is 4.79 Å². The maximum Gasteiger partial charge on any atom is 0.178 e. The minimum atomic E-state index is -0.0208. The van der Waals surface area contributed by atoms with Crippen LogP contribution in [-0.4, -0.2) is 35.1 Å². The summed E-state index contributed by atoms with van der Waals surface area (Å²) in [5.41, 5.74) is 3.43. The second-order valence-electron chi connectivity index (χ2n) is 12.2. The summed E-state index contributed by atoms with van der Waals surface area (Å²) in [4.78, 5) is 14.9. The fourth-order valence-corrected chi connectivity index (χ4v) is 9.70. The molecule has 0 bridgehead atoms. The van der Waals surface area contributed by atoms with E-state index < -0.39 is 0 Å². The van der Waals surface area contributed by atoms with Gasteiger partial charge in [0.1, 0.15) is 6.10 Å². The summed E-state index contributed by atoms with van der Waals surface area (Å²) in [7, 11) is 0. The third-order valence-electron chi connectivity index (χ3n) is 11.0. The normalized spacial score (nSPS) is 58.0. The molecule has 7 aliphatic rings. The summed E-state index contributed by atoms with van der Waals surface area (Å²) in [5, 5.41) is 0. The Bertz CT molecular complexity index is 947. The van der Waals surface area contributed by atoms with Crippen molar-refractivity contribution in [1.29, 1.82) is 0 Å². The van der Waals surface area contributed by atoms with Crippen LogP contribution in [0.25, 0.3) is 0 Å². The van der Waals surface area contributed by atoms with Gasteiger partial charge in [-0.1, -0.05) is 44.1 Å². The molecule has 0 aromatic carbocycles. The van der Waals surface area contributed by atoms with Crippen molar-refractivity contribution in [2.75, 3.05) is 6.54 Å². The Hall–Kier alpha value is -1.19. The van der Waals surface area contributed by atoms with Crippen molar-refractivity contribution in [3.05, 3.63) is 35.5 Å². The molecule has 3 saturated heterocycles. The topological polar surface area (TPSA) is 32.8 Å². The molecule has 0 aromatic rings. The van der Waals surface area contributed by atoms with Gasteiger partial charge in [-0.15, -0.1) is 0 Å². The highest BCUT2D eigenvalue weighted by Crippen LogP contribution is 2.72. The van der Waals surface area contributed by atoms with Crippen molar-refractivity contribution < 1.29 is 9.53 Å². The zero-order valence-electron chi connectivity index (χ0n) is 18.9. The number of carbonyl (C=O) groups excluding carboxylic acids is 1. The molecule has 0 amide bonds. The first kappa shape index (κ1) is 18.4. The van der Waals surface area contributed by atoms with E-state index in [2.05, 4.69) is 44.7 Å². The average Bonchev–Trinajstić information content (AvgIpc) is 3.28. The molecule has 10 atom stereocenters. The lowest BCUT2D eigenvalue weighted by molar-refractivity contribution is -0.110. The van der Waals surface area contributed by atoms with Crippen LogP contribution >= 0.6 is 0 Å². The van der Waals surface area contributed by atoms with Crippen molar-refractivity contribution in [3.8, 4) is 0 Å². The molecule has 3 aliphatic heterocycles. The summed E-state index contributed by atoms with van der Waals surface area (Å²) in [6.45, 7) is 11.1. The Morgan fingerprint density at radius 3 is 2.87 bits per heavy atom. The molecule has 3 heterocycles. The Labute approximate surface area is 180 Å². The van der Waals surface area contributed by atoms with Crippen molar-refractivity contribution in [1.82, 2.24) is 4.90 Å². The molecule has 2 saturated carbocycles. The van der Waals surface area contributed by atoms with E-state index in [1.165, 1.54) is 37.8 Å². The number of ether oxygens (including phenoxy) is 1. The smallest absolute Gasteiger partial charge is 0.178 e. The number of piperidine rings is 1. The van der Waals surface area contributed by atoms with Crippen LogP contribution in [0, 0.1) is 40.4 Å². The second kappa shape index (κ2) is 5.41. The fraction of sp³-hybridized carbons (Fsp3) is 0.741. The summed E-state index contributed by atoms with van der Waals surface area (Å²) in [5.74, 6) is 3.78. The molecular formula is C27H35NO2. The molecule has 7 rings (SSSR count). The summed E-state index contributed by atoms with van der Waals surface area (Å²) in [6, 6.07) is 0.698. The molecule has 30 heavy (non-hydrogen) atoms. The minimum Gasteiger partial charge on any atom is -0.350 e. The highest BCUT2D eigenvalue weighted by Gasteiger charge is 2.78. The molecule has 1 spiro atoms. The molecular weight excluding hydrogens is 370 g/mol. The first-order valence-corrected chi connectivity index (χ1v) is 12.4. The van der Waals surface area contributed by atoms with E-state index in [1.807, 2.05) is 12.2 Å². The molecule has 0 unspecified atom stereocenters. The van der Waals surface area contributed by atoms with E-state index in [1.54, 1.807) is 5.57 Å². The van der Waals surface area contributed by atoms with Gasteiger partial charge in [0.25, 0.3) is 0 Å². The number of allylic oxidation sites excluding steroid dienone is 6. The number of hydrogen-bond acceptors (Lipinski definition) is 3. The van der Waals surface area contributed by atoms with Crippen LogP contribution in [0.2, 0.25) is 0 Å². The highest BCUT2D eigenvalue weighted by atomic mass is 16.6. The van der Waals surface area contributed by atoms with Gasteiger partial charge >= 0.3 is 0 Å². The van der Waals surface area contributed by atoms with Crippen LogP contribution in [0.15, 0.2) is 35.5 Å². The van der Waals surface area contributed by atoms with Gasteiger partial charge in [-0.3, -0.25) is 9.69 Å². The Morgan fingerprint density at radius 2 is 2.03 bits per heavy atom. The number of nitrogens with zero attached hydrogens (tertiary/aromatic N) is 1. The number of hydrogen-bond donors (Lipinski definition) is 0. The lowest BCUT2D eigenvalue weighted by atomic mass is 9.51. The zero-order chi connectivity index (χ0) is 20.6. The van der Waals surface area contributed by atoms with Crippen LogP contribution in [0.3, 0.4) is 0 Å². The van der Waals surface area contributed by atoms with Crippen molar-refractivity contribution in [3.63, 3.8) is 0 Å². The molecule has 160 valence electrons. The van der Waals surface area contributed by atoms with Gasteiger partial charge in [-0.25, -0.2) is 0 Å². The van der Waals surface area contributed by atoms with Gasteiger partial charge in [0.2, 0.25) is 0 Å². The molecule has 3 heteroatoms. The third kappa shape index (κ3) is 1.91. The molecule has 0 N–H and O–H groups in total. The Morgan fingerprint density at radius 1 is 1.20 bits per heavy atom. The van der Waals surface area contributed by atoms with E-state index in [4.69, 9.17) is 4.74 Å². The average molecular weight is 406 g/mol. The Balaban J connectivity index is 1.28. The summed E-state index contributed by atoms with van der Waals surface area (Å²) in [6.07, 6.45) is 15.2. The predicted octanol–water partition coefficient (Wildman–Crippen LogP) is 4.90. The van der Waals surface area contributed by atoms with Gasteiger partial charge in [0.15, 0.2) is 11.5 Å². The van der Waals surface area contributed by atoms with E-state index in [0.29, 0.717) is 29.4 Å². The molecule has 4 aliphatic carbocycles. The van der Waals surface area contributed by atoms with Gasteiger partial charge in [0, 0.05) is 23.9 Å². The first-order valence-electron chi connectivity index (χ1n) is 12.4. The monoisotopic (exact) mass is 405 g/mol. The number of rotatable bonds is 0. The molecule has 0 radical (unpaired) electrons. The summed E-state index contributed by atoms with van der Waals surface area (Å²) >= 11 is 0. The van der Waals surface area contributed by atoms with Crippen LogP contribution in [0.1, 0.15) is 59.8 Å². The van der Waals surface area contributed by atoms with E-state index >= 15 is 0 Å². The molecule has 5 fully saturated rings. The maximum atomic E-state index is 12.0. The van der Waals surface area contributed by atoms with Gasteiger partial charge in [-0.05, 0) is 80.3 Å². The van der Waals surface area contributed by atoms with Crippen molar-refractivity contribution in [2.45, 2.75) is 77.7 Å². The van der Waals surface area contributed by atoms with Crippen LogP contribution in [0.4, 0.5) is 0 Å². The maximum absolute atomic E-state index is 12.0. The minimum absolute atomic E-state index is 0.0208. The largest absolute Gasteiger partial charge is 0.350 e. The zero-order valence-corrected chi connectivity index (χ0v) is 18.9. The van der Waals surface area contributed by atoms with Crippen LogP contribution < -0.4 is 0 Å². The number of epoxide rings is 1. The van der Waals surface area contributed by atoms with Gasteiger partial charge in [0.05, 0.1) is 0 Å². The quantitative estimate of drug-likeness (QED) is 0.425. The van der Waals surface area contributed by atoms with Gasteiger partial charge in [-0.2, -0.15) is 0 Å². The van der Waals surface area contributed by atoms with Crippen LogP contribution in [0.5, 0.6) is 0 Å². The van der Waals surface area contributed by atoms with Gasteiger partial charge < -0.3 is 4.74 Å². The number of carbonyl (C=O) groups is 1. The van der Waals surface area contributed by atoms with E-state index in [-0.39, 0.29) is 16.9 Å². The highest BCUT2D eigenvalue weighted by molar-refractivity contribution is 6.01. The standard InChI is InChI=1S/C27H35NO2/c1-15-11-23-27(30-23)16(2)24-22(28(27)14-15)13-21-19-6-5-17-12-18(29)7-9-25(17,3)20(19)8-10-26(21,24)4/h7-9,12,15-16,19,21-24H,5-6,10-11,13-14H2,1-4H3/t15-,16-,19+,21-,22-,23+,24-,25-,26-,27+/m0/s1. The number of ketones is 1. The first-order chi connectivity index (χ1) is 14.3. The lowest BCUT2D eigenvalue weighted by Gasteiger charge is -2.53. The van der Waals surface area contributed by atoms with Crippen LogP contribution in [-0.2, 0) is 9.53 Å². The lowest BCUT2D eigenvalue weighted by Crippen LogP contribution is -2.49. The third-order valence-corrected chi connectivity index (χ3v) is 11.0. The number of fused-ring (bicyclic) bond motifs is 8. The predicted molar refractivity (Wildman–Crippen MR) is 117 cm³/mol.